The number of furan rings is 1. The zero-order valence-electron chi connectivity index (χ0n) is 14.0. The molecule has 23 heavy (non-hydrogen) atoms. The Hall–Kier alpha value is -2.15. The quantitative estimate of drug-likeness (QED) is 0.795. The van der Waals surface area contributed by atoms with Crippen LogP contribution in [-0.2, 0) is 11.8 Å². The number of amides is 1. The molecular weight excluding hydrogens is 298 g/mol. The lowest BCUT2D eigenvalue weighted by molar-refractivity contribution is -0.118. The molecule has 1 atom stereocenters. The summed E-state index contributed by atoms with van der Waals surface area (Å²) >= 11 is 0. The average Bonchev–Trinajstić information content (AvgIpc) is 2.77. The Bertz CT molecular complexity index is 834. The number of rotatable bonds is 1. The Labute approximate surface area is 133 Å². The van der Waals surface area contributed by atoms with Crippen molar-refractivity contribution in [3.05, 3.63) is 28.0 Å². The second-order valence-electron chi connectivity index (χ2n) is 6.75. The normalized spacial score (nSPS) is 20.9. The summed E-state index contributed by atoms with van der Waals surface area (Å²) in [4.78, 5) is 31.3. The molecule has 1 amide bonds. The Morgan fingerprint density at radius 1 is 1.43 bits per heavy atom. The Kier molecular flexibility index (Phi) is 3.55. The van der Waals surface area contributed by atoms with Crippen molar-refractivity contribution in [1.82, 2.24) is 14.5 Å². The highest BCUT2D eigenvalue weighted by Gasteiger charge is 2.36. The van der Waals surface area contributed by atoms with Gasteiger partial charge in [-0.05, 0) is 27.7 Å². The SMILES string of the molecule is Cc1oc2ncn(C)c(=O)c2c1C(=O)N1C[C@@H](C)OC(C)(C)C1. The number of carbonyl (C=O) groups is 1. The zero-order valence-corrected chi connectivity index (χ0v) is 14.0. The molecule has 0 saturated carbocycles. The molecule has 3 heterocycles. The molecule has 1 fully saturated rings. The van der Waals surface area contributed by atoms with Crippen LogP contribution in [0.1, 0.15) is 36.9 Å². The minimum Gasteiger partial charge on any atom is -0.442 e. The van der Waals surface area contributed by atoms with Crippen LogP contribution in [0.25, 0.3) is 11.1 Å². The highest BCUT2D eigenvalue weighted by atomic mass is 16.5. The lowest BCUT2D eigenvalue weighted by atomic mass is 10.0. The van der Waals surface area contributed by atoms with Crippen molar-refractivity contribution in [3.8, 4) is 0 Å². The number of hydrogen-bond acceptors (Lipinski definition) is 5. The first kappa shape index (κ1) is 15.7. The van der Waals surface area contributed by atoms with E-state index in [1.807, 2.05) is 20.8 Å². The summed E-state index contributed by atoms with van der Waals surface area (Å²) in [6.45, 7) is 8.46. The van der Waals surface area contributed by atoms with Gasteiger partial charge in [-0.3, -0.25) is 9.59 Å². The summed E-state index contributed by atoms with van der Waals surface area (Å²) in [7, 11) is 1.60. The van der Waals surface area contributed by atoms with Crippen LogP contribution in [0.4, 0.5) is 0 Å². The smallest absolute Gasteiger partial charge is 0.265 e. The predicted octanol–water partition coefficient (Wildman–Crippen LogP) is 1.47. The van der Waals surface area contributed by atoms with Gasteiger partial charge in [0, 0.05) is 20.1 Å². The zero-order chi connectivity index (χ0) is 16.9. The number of aryl methyl sites for hydroxylation is 2. The first-order valence-corrected chi connectivity index (χ1v) is 7.61. The van der Waals surface area contributed by atoms with Crippen molar-refractivity contribution >= 4 is 17.0 Å². The number of aromatic nitrogens is 2. The molecule has 7 heteroatoms. The van der Waals surface area contributed by atoms with E-state index in [1.54, 1.807) is 18.9 Å². The number of fused-ring (bicyclic) bond motifs is 1. The predicted molar refractivity (Wildman–Crippen MR) is 84.5 cm³/mol. The van der Waals surface area contributed by atoms with Gasteiger partial charge >= 0.3 is 0 Å². The molecule has 1 saturated heterocycles. The molecule has 1 aliphatic heterocycles. The number of nitrogens with zero attached hydrogens (tertiary/aromatic N) is 3. The van der Waals surface area contributed by atoms with Gasteiger partial charge in [-0.25, -0.2) is 4.98 Å². The van der Waals surface area contributed by atoms with E-state index in [0.29, 0.717) is 24.4 Å². The molecular formula is C16H21N3O4. The third-order valence-corrected chi connectivity index (χ3v) is 4.02. The van der Waals surface area contributed by atoms with E-state index >= 15 is 0 Å². The molecule has 2 aromatic rings. The van der Waals surface area contributed by atoms with Crippen LogP contribution in [0.5, 0.6) is 0 Å². The van der Waals surface area contributed by atoms with E-state index in [4.69, 9.17) is 9.15 Å². The van der Waals surface area contributed by atoms with Gasteiger partial charge in [0.05, 0.1) is 17.3 Å². The molecule has 3 rings (SSSR count). The molecule has 0 N–H and O–H groups in total. The number of carbonyl (C=O) groups excluding carboxylic acids is 1. The van der Waals surface area contributed by atoms with Crippen molar-refractivity contribution < 1.29 is 13.9 Å². The van der Waals surface area contributed by atoms with Crippen LogP contribution in [0, 0.1) is 6.92 Å². The summed E-state index contributed by atoms with van der Waals surface area (Å²) in [6.07, 6.45) is 1.32. The Morgan fingerprint density at radius 2 is 2.13 bits per heavy atom. The van der Waals surface area contributed by atoms with Gasteiger partial charge in [-0.15, -0.1) is 0 Å². The number of ether oxygens (including phenoxy) is 1. The van der Waals surface area contributed by atoms with Gasteiger partial charge in [0.25, 0.3) is 11.5 Å². The molecule has 0 radical (unpaired) electrons. The lowest BCUT2D eigenvalue weighted by Crippen LogP contribution is -2.53. The molecule has 124 valence electrons. The average molecular weight is 319 g/mol. The minimum absolute atomic E-state index is 0.0675. The maximum absolute atomic E-state index is 13.0. The van der Waals surface area contributed by atoms with Crippen LogP contribution >= 0.6 is 0 Å². The lowest BCUT2D eigenvalue weighted by Gasteiger charge is -2.41. The largest absolute Gasteiger partial charge is 0.442 e. The molecule has 7 nitrogen and oxygen atoms in total. The van der Waals surface area contributed by atoms with Gasteiger partial charge in [0.1, 0.15) is 17.5 Å². The van der Waals surface area contributed by atoms with Crippen LogP contribution < -0.4 is 5.56 Å². The topological polar surface area (TPSA) is 77.6 Å². The van der Waals surface area contributed by atoms with Gasteiger partial charge in [-0.2, -0.15) is 0 Å². The minimum atomic E-state index is -0.427. The summed E-state index contributed by atoms with van der Waals surface area (Å²) in [5, 5.41) is 0.245. The van der Waals surface area contributed by atoms with Crippen molar-refractivity contribution in [2.24, 2.45) is 7.05 Å². The summed E-state index contributed by atoms with van der Waals surface area (Å²) in [6, 6.07) is 0. The molecule has 0 spiro atoms. The van der Waals surface area contributed by atoms with Crippen LogP contribution in [0.15, 0.2) is 15.5 Å². The van der Waals surface area contributed by atoms with E-state index in [9.17, 15) is 9.59 Å². The standard InChI is InChI=1S/C16H21N3O4/c1-9-6-19(7-16(3,4)23-9)15(21)11-10(2)22-13-12(11)14(20)18(5)8-17-13/h8-9H,6-7H2,1-5H3/t9-/m1/s1. The van der Waals surface area contributed by atoms with Crippen molar-refractivity contribution in [2.45, 2.75) is 39.4 Å². The third-order valence-electron chi connectivity index (χ3n) is 4.02. The number of hydrogen-bond donors (Lipinski definition) is 0. The van der Waals surface area contributed by atoms with E-state index in [-0.39, 0.29) is 28.7 Å². The third kappa shape index (κ3) is 2.65. The van der Waals surface area contributed by atoms with E-state index in [0.717, 1.165) is 0 Å². The summed E-state index contributed by atoms with van der Waals surface area (Å²) < 4.78 is 12.7. The van der Waals surface area contributed by atoms with Gasteiger partial charge in [0.15, 0.2) is 0 Å². The molecule has 1 aliphatic rings. The van der Waals surface area contributed by atoms with Gasteiger partial charge in [0.2, 0.25) is 5.71 Å². The van der Waals surface area contributed by atoms with Crippen molar-refractivity contribution in [1.29, 1.82) is 0 Å². The molecule has 0 bridgehead atoms. The maximum atomic E-state index is 13.0. The highest BCUT2D eigenvalue weighted by Crippen LogP contribution is 2.26. The van der Waals surface area contributed by atoms with E-state index in [1.165, 1.54) is 10.9 Å². The number of morpholine rings is 1. The van der Waals surface area contributed by atoms with Crippen LogP contribution in [0.2, 0.25) is 0 Å². The summed E-state index contributed by atoms with van der Waals surface area (Å²) in [5.74, 6) is 0.201. The summed E-state index contributed by atoms with van der Waals surface area (Å²) in [5.41, 5.74) is -0.201. The second kappa shape index (κ2) is 5.19. The molecule has 0 aromatic carbocycles. The second-order valence-corrected chi connectivity index (χ2v) is 6.75. The van der Waals surface area contributed by atoms with Crippen molar-refractivity contribution in [2.75, 3.05) is 13.1 Å². The fraction of sp³-hybridized carbons (Fsp3) is 0.562. The first-order valence-electron chi connectivity index (χ1n) is 7.61. The van der Waals surface area contributed by atoms with E-state index in [2.05, 4.69) is 4.98 Å². The Balaban J connectivity index is 2.10. The maximum Gasteiger partial charge on any atom is 0.265 e. The monoisotopic (exact) mass is 319 g/mol. The van der Waals surface area contributed by atoms with E-state index < -0.39 is 5.60 Å². The van der Waals surface area contributed by atoms with Crippen molar-refractivity contribution in [3.63, 3.8) is 0 Å². The Morgan fingerprint density at radius 3 is 2.78 bits per heavy atom. The van der Waals surface area contributed by atoms with Gasteiger partial charge < -0.3 is 18.6 Å². The first-order chi connectivity index (χ1) is 10.7. The highest BCUT2D eigenvalue weighted by molar-refractivity contribution is 6.06. The molecule has 0 unspecified atom stereocenters. The molecule has 0 aliphatic carbocycles. The fourth-order valence-corrected chi connectivity index (χ4v) is 3.21. The van der Waals surface area contributed by atoms with Crippen LogP contribution in [-0.4, -0.2) is 45.2 Å². The fourth-order valence-electron chi connectivity index (χ4n) is 3.21. The van der Waals surface area contributed by atoms with Crippen LogP contribution in [0.3, 0.4) is 0 Å². The molecule has 2 aromatic heterocycles. The van der Waals surface area contributed by atoms with Gasteiger partial charge in [-0.1, -0.05) is 0 Å².